The molecule has 12 nitrogen and oxygen atoms in total. The predicted molar refractivity (Wildman–Crippen MR) is 149 cm³/mol. The molecule has 0 spiro atoms. The van der Waals surface area contributed by atoms with Crippen molar-refractivity contribution in [2.75, 3.05) is 6.54 Å². The molecule has 216 valence electrons. The van der Waals surface area contributed by atoms with E-state index in [0.717, 1.165) is 0 Å². The van der Waals surface area contributed by atoms with Gasteiger partial charge in [0.1, 0.15) is 12.1 Å². The minimum absolute atomic E-state index is 0.00454. The summed E-state index contributed by atoms with van der Waals surface area (Å²) in [4.78, 5) is 53.0. The first-order valence-corrected chi connectivity index (χ1v) is 14.6. The van der Waals surface area contributed by atoms with Crippen LogP contribution in [0.1, 0.15) is 50.3 Å². The van der Waals surface area contributed by atoms with E-state index in [2.05, 4.69) is 10.0 Å². The van der Waals surface area contributed by atoms with Gasteiger partial charge in [-0.3, -0.25) is 9.59 Å². The van der Waals surface area contributed by atoms with Crippen LogP contribution in [-0.4, -0.2) is 54.7 Å². The second-order valence-electron chi connectivity index (χ2n) is 9.92. The van der Waals surface area contributed by atoms with Crippen LogP contribution < -0.4 is 16.2 Å². The van der Waals surface area contributed by atoms with Gasteiger partial charge in [-0.1, -0.05) is 49.7 Å². The number of likely N-dealkylation sites (tertiary alicyclic amines) is 1. The molecule has 2 aromatic carbocycles. The van der Waals surface area contributed by atoms with E-state index in [9.17, 15) is 27.7 Å². The average molecular weight is 593 g/mol. The van der Waals surface area contributed by atoms with Crippen LogP contribution in [0, 0.1) is 10.8 Å². The van der Waals surface area contributed by atoms with Crippen LogP contribution in [0.4, 0.5) is 4.79 Å². The zero-order chi connectivity index (χ0) is 29.6. The van der Waals surface area contributed by atoms with Crippen molar-refractivity contribution in [1.82, 2.24) is 14.6 Å². The minimum Gasteiger partial charge on any atom is -0.350 e. The third kappa shape index (κ3) is 7.02. The Bertz CT molecular complexity index is 1360. The molecular weight excluding hydrogens is 560 g/mol. The lowest BCUT2D eigenvalue weighted by Gasteiger charge is -2.33. The highest BCUT2D eigenvalue weighted by Gasteiger charge is 2.44. The fourth-order valence-corrected chi connectivity index (χ4v) is 6.26. The fourth-order valence-electron chi connectivity index (χ4n) is 4.86. The van der Waals surface area contributed by atoms with Gasteiger partial charge in [0.15, 0.2) is 5.78 Å². The van der Waals surface area contributed by atoms with E-state index >= 15 is 0 Å². The Balaban J connectivity index is 2.00. The molecular formula is C26H33ClN6O6S. The first-order valence-electron chi connectivity index (χ1n) is 12.7. The molecule has 0 radical (unpaired) electrons. The van der Waals surface area contributed by atoms with Crippen LogP contribution in [0.5, 0.6) is 0 Å². The summed E-state index contributed by atoms with van der Waals surface area (Å²) in [6.45, 7) is 3.79. The number of nitrogens with one attached hydrogen (secondary N) is 1. The zero-order valence-corrected chi connectivity index (χ0v) is 23.8. The summed E-state index contributed by atoms with van der Waals surface area (Å²) in [6.07, 6.45) is 0.810. The summed E-state index contributed by atoms with van der Waals surface area (Å²) in [7, 11) is -4.06. The van der Waals surface area contributed by atoms with Gasteiger partial charge >= 0.3 is 6.03 Å². The molecule has 1 saturated heterocycles. The Morgan fingerprint density at radius 3 is 2.42 bits per heavy atom. The molecule has 0 aromatic heterocycles. The SMILES string of the molecule is CC(C)C[C@@H](NS(=O)(=O)c1ccccc1)C(=O)N1CCC[C@H]1C(=O)C(c1cc(Cl)ccc1CN)N(N=O)C(N)=O. The molecule has 1 aliphatic heterocycles. The maximum absolute atomic E-state index is 14.0. The van der Waals surface area contributed by atoms with Crippen molar-refractivity contribution in [2.45, 2.75) is 62.7 Å². The molecule has 0 bridgehead atoms. The summed E-state index contributed by atoms with van der Waals surface area (Å²) >= 11 is 6.17. The number of benzene rings is 2. The van der Waals surface area contributed by atoms with Gasteiger partial charge in [0.2, 0.25) is 15.9 Å². The normalized spacial score (nSPS) is 16.9. The number of primary amides is 1. The van der Waals surface area contributed by atoms with Crippen molar-refractivity contribution >= 4 is 39.3 Å². The molecule has 1 aliphatic rings. The van der Waals surface area contributed by atoms with Gasteiger partial charge in [-0.25, -0.2) is 13.2 Å². The fraction of sp³-hybridized carbons (Fsp3) is 0.423. The molecule has 0 saturated carbocycles. The molecule has 14 heteroatoms. The number of halogens is 1. The van der Waals surface area contributed by atoms with E-state index in [1.165, 1.54) is 23.1 Å². The van der Waals surface area contributed by atoms with Crippen molar-refractivity contribution < 1.29 is 22.8 Å². The van der Waals surface area contributed by atoms with Crippen LogP contribution in [0.2, 0.25) is 5.02 Å². The number of carbonyl (C=O) groups is 3. The summed E-state index contributed by atoms with van der Waals surface area (Å²) in [5.41, 5.74) is 11.8. The van der Waals surface area contributed by atoms with Crippen LogP contribution in [-0.2, 0) is 26.2 Å². The van der Waals surface area contributed by atoms with E-state index in [1.807, 2.05) is 13.8 Å². The third-order valence-corrected chi connectivity index (χ3v) is 8.39. The van der Waals surface area contributed by atoms with Crippen LogP contribution in [0.25, 0.3) is 0 Å². The van der Waals surface area contributed by atoms with Crippen molar-refractivity contribution in [3.63, 3.8) is 0 Å². The van der Waals surface area contributed by atoms with Crippen LogP contribution in [0.15, 0.2) is 58.7 Å². The zero-order valence-electron chi connectivity index (χ0n) is 22.2. The van der Waals surface area contributed by atoms with E-state index in [-0.39, 0.29) is 47.3 Å². The average Bonchev–Trinajstić information content (AvgIpc) is 3.40. The largest absolute Gasteiger partial charge is 0.350 e. The number of ketones is 1. The number of nitrogens with zero attached hydrogens (tertiary/aromatic N) is 3. The molecule has 40 heavy (non-hydrogen) atoms. The lowest BCUT2D eigenvalue weighted by atomic mass is 9.92. The summed E-state index contributed by atoms with van der Waals surface area (Å²) < 4.78 is 28.7. The first kappa shape index (κ1) is 31.1. The van der Waals surface area contributed by atoms with E-state index in [1.54, 1.807) is 30.3 Å². The lowest BCUT2D eigenvalue weighted by molar-refractivity contribution is -0.140. The number of urea groups is 1. The number of Topliss-reactive ketones (excluding diaryl/α,β-unsaturated/α-hetero) is 1. The van der Waals surface area contributed by atoms with Gasteiger partial charge in [-0.05, 0) is 60.6 Å². The summed E-state index contributed by atoms with van der Waals surface area (Å²) in [5, 5.41) is 3.22. The van der Waals surface area contributed by atoms with Gasteiger partial charge in [-0.2, -0.15) is 9.73 Å². The second kappa shape index (κ2) is 13.3. The number of sulfonamides is 1. The quantitative estimate of drug-likeness (QED) is 0.250. The number of hydrogen-bond donors (Lipinski definition) is 3. The van der Waals surface area contributed by atoms with E-state index < -0.39 is 45.9 Å². The number of nitroso groups, excluding NO2 is 1. The van der Waals surface area contributed by atoms with Crippen molar-refractivity contribution in [3.8, 4) is 0 Å². The molecule has 1 heterocycles. The van der Waals surface area contributed by atoms with Crippen molar-refractivity contribution in [3.05, 3.63) is 69.6 Å². The maximum atomic E-state index is 14.0. The summed E-state index contributed by atoms with van der Waals surface area (Å²) in [5.74, 6) is -1.37. The molecule has 3 atom stereocenters. The number of nitrogens with two attached hydrogens (primary N) is 2. The van der Waals surface area contributed by atoms with E-state index in [0.29, 0.717) is 17.0 Å². The maximum Gasteiger partial charge on any atom is 0.338 e. The van der Waals surface area contributed by atoms with Crippen LogP contribution >= 0.6 is 11.6 Å². The predicted octanol–water partition coefficient (Wildman–Crippen LogP) is 2.86. The summed E-state index contributed by atoms with van der Waals surface area (Å²) in [6, 6.07) is 6.98. The number of amides is 3. The monoisotopic (exact) mass is 592 g/mol. The molecule has 3 amide bonds. The first-order chi connectivity index (χ1) is 18.9. The Morgan fingerprint density at radius 2 is 1.85 bits per heavy atom. The molecule has 1 unspecified atom stereocenters. The third-order valence-electron chi connectivity index (χ3n) is 6.67. The molecule has 3 rings (SSSR count). The highest BCUT2D eigenvalue weighted by Crippen LogP contribution is 2.33. The van der Waals surface area contributed by atoms with Gasteiger partial charge < -0.3 is 16.4 Å². The van der Waals surface area contributed by atoms with Crippen molar-refractivity contribution in [2.24, 2.45) is 22.7 Å². The van der Waals surface area contributed by atoms with Gasteiger partial charge in [0.25, 0.3) is 0 Å². The molecule has 0 aliphatic carbocycles. The van der Waals surface area contributed by atoms with Crippen LogP contribution in [0.3, 0.4) is 0 Å². The Kier molecular flexibility index (Phi) is 10.4. The Hall–Kier alpha value is -3.39. The minimum atomic E-state index is -4.06. The highest BCUT2D eigenvalue weighted by molar-refractivity contribution is 7.89. The van der Waals surface area contributed by atoms with Gasteiger partial charge in [0.05, 0.1) is 16.2 Å². The Labute approximate surface area is 238 Å². The highest BCUT2D eigenvalue weighted by atomic mass is 35.5. The Morgan fingerprint density at radius 1 is 1.18 bits per heavy atom. The number of carbonyl (C=O) groups excluding carboxylic acids is 3. The number of rotatable bonds is 12. The second-order valence-corrected chi connectivity index (χ2v) is 12.1. The van der Waals surface area contributed by atoms with Gasteiger partial charge in [0, 0.05) is 18.1 Å². The molecule has 1 fully saturated rings. The van der Waals surface area contributed by atoms with Crippen molar-refractivity contribution in [1.29, 1.82) is 0 Å². The van der Waals surface area contributed by atoms with Gasteiger partial charge in [-0.15, -0.1) is 4.91 Å². The van der Waals surface area contributed by atoms with E-state index in [4.69, 9.17) is 23.1 Å². The molecule has 5 N–H and O–H groups in total. The molecule has 2 aromatic rings. The number of hydrogen-bond acceptors (Lipinski definition) is 8. The standard InChI is InChI=1S/C26H33ClN6O6S/c1-16(2)13-21(30-40(38,39)19-7-4-3-5-8-19)25(35)32-12-6-9-22(32)24(34)23(33(31-37)26(29)36)20-14-18(27)11-10-17(20)15-28/h3-5,7-8,10-11,14,16,21-23,30H,6,9,12-13,15,28H2,1-2H3,(H2,29,36)/t21-,22+,23?/m1/s1. The smallest absolute Gasteiger partial charge is 0.338 e. The topological polar surface area (TPSA) is 185 Å². The lowest BCUT2D eigenvalue weighted by Crippen LogP contribution is -2.54.